The summed E-state index contributed by atoms with van der Waals surface area (Å²) in [5.41, 5.74) is 2.72. The summed E-state index contributed by atoms with van der Waals surface area (Å²) in [6.07, 6.45) is 0.209. The second-order valence-electron chi connectivity index (χ2n) is 5.53. The van der Waals surface area contributed by atoms with Crippen LogP contribution in [-0.4, -0.2) is 26.7 Å². The fraction of sp³-hybridized carbons (Fsp3) is 0.316. The molecule has 1 amide bonds. The standard InChI is InChI=1S/C19H22ClNO4/c1-12-6-5-7-16(13(12)2)25-9-8-19(22)21-15-10-14(20)17(23-3)11-18(15)24-4/h5-7,10-11H,8-9H2,1-4H3,(H,21,22). The molecule has 0 spiro atoms. The monoisotopic (exact) mass is 363 g/mol. The van der Waals surface area contributed by atoms with Gasteiger partial charge in [-0.05, 0) is 37.1 Å². The van der Waals surface area contributed by atoms with Gasteiger partial charge < -0.3 is 19.5 Å². The number of methoxy groups -OCH3 is 2. The van der Waals surface area contributed by atoms with Crippen molar-refractivity contribution in [2.45, 2.75) is 20.3 Å². The first-order chi connectivity index (χ1) is 12.0. The van der Waals surface area contributed by atoms with Crippen LogP contribution in [0.4, 0.5) is 5.69 Å². The van der Waals surface area contributed by atoms with E-state index in [1.807, 2.05) is 32.0 Å². The van der Waals surface area contributed by atoms with Crippen LogP contribution in [0, 0.1) is 13.8 Å². The summed E-state index contributed by atoms with van der Waals surface area (Å²) in [4.78, 5) is 12.2. The van der Waals surface area contributed by atoms with Crippen molar-refractivity contribution in [3.05, 3.63) is 46.5 Å². The predicted octanol–water partition coefficient (Wildman–Crippen LogP) is 4.38. The van der Waals surface area contributed by atoms with E-state index in [4.69, 9.17) is 25.8 Å². The molecule has 0 bridgehead atoms. The Labute approximate surface area is 152 Å². The number of carbonyl (C=O) groups is 1. The Kier molecular flexibility index (Phi) is 6.53. The third-order valence-electron chi connectivity index (χ3n) is 3.89. The third kappa shape index (κ3) is 4.79. The van der Waals surface area contributed by atoms with Crippen LogP contribution in [-0.2, 0) is 4.79 Å². The summed E-state index contributed by atoms with van der Waals surface area (Å²) in [5, 5.41) is 3.18. The van der Waals surface area contributed by atoms with Gasteiger partial charge in [-0.2, -0.15) is 0 Å². The number of hydrogen-bond donors (Lipinski definition) is 1. The van der Waals surface area contributed by atoms with E-state index >= 15 is 0 Å². The normalized spacial score (nSPS) is 10.3. The number of ether oxygens (including phenoxy) is 3. The van der Waals surface area contributed by atoms with E-state index in [0.29, 0.717) is 22.2 Å². The molecule has 0 aromatic heterocycles. The van der Waals surface area contributed by atoms with Gasteiger partial charge in [-0.1, -0.05) is 23.7 Å². The van der Waals surface area contributed by atoms with Gasteiger partial charge in [0.1, 0.15) is 17.2 Å². The fourth-order valence-electron chi connectivity index (χ4n) is 2.30. The predicted molar refractivity (Wildman–Crippen MR) is 99.2 cm³/mol. The fourth-order valence-corrected chi connectivity index (χ4v) is 2.55. The average molecular weight is 364 g/mol. The van der Waals surface area contributed by atoms with Crippen molar-refractivity contribution < 1.29 is 19.0 Å². The third-order valence-corrected chi connectivity index (χ3v) is 4.19. The SMILES string of the molecule is COc1cc(OC)c(NC(=O)CCOc2cccc(C)c2C)cc1Cl. The number of anilines is 1. The number of amides is 1. The average Bonchev–Trinajstić information content (AvgIpc) is 2.59. The molecule has 6 heteroatoms. The van der Waals surface area contributed by atoms with Crippen LogP contribution in [0.25, 0.3) is 0 Å². The van der Waals surface area contributed by atoms with Crippen LogP contribution in [0.5, 0.6) is 17.2 Å². The highest BCUT2D eigenvalue weighted by Gasteiger charge is 2.13. The van der Waals surface area contributed by atoms with Crippen LogP contribution < -0.4 is 19.5 Å². The van der Waals surface area contributed by atoms with Crippen molar-refractivity contribution >= 4 is 23.2 Å². The quantitative estimate of drug-likeness (QED) is 0.793. The zero-order valence-electron chi connectivity index (χ0n) is 14.8. The van der Waals surface area contributed by atoms with Gasteiger partial charge in [0.05, 0.1) is 38.0 Å². The number of aryl methyl sites for hydroxylation is 1. The number of carbonyl (C=O) groups excluding carboxylic acids is 1. The summed E-state index contributed by atoms with van der Waals surface area (Å²) in [6, 6.07) is 9.08. The summed E-state index contributed by atoms with van der Waals surface area (Å²) < 4.78 is 16.1. The van der Waals surface area contributed by atoms with Crippen LogP contribution in [0.3, 0.4) is 0 Å². The maximum atomic E-state index is 12.2. The molecule has 25 heavy (non-hydrogen) atoms. The van der Waals surface area contributed by atoms with Gasteiger partial charge in [-0.15, -0.1) is 0 Å². The van der Waals surface area contributed by atoms with Gasteiger partial charge in [0.15, 0.2) is 0 Å². The minimum atomic E-state index is -0.190. The molecule has 0 aliphatic rings. The number of hydrogen-bond acceptors (Lipinski definition) is 4. The summed E-state index contributed by atoms with van der Waals surface area (Å²) in [6.45, 7) is 4.30. The molecular weight excluding hydrogens is 342 g/mol. The lowest BCUT2D eigenvalue weighted by molar-refractivity contribution is -0.116. The highest BCUT2D eigenvalue weighted by atomic mass is 35.5. The number of rotatable bonds is 7. The van der Waals surface area contributed by atoms with Crippen molar-refractivity contribution in [1.82, 2.24) is 0 Å². The van der Waals surface area contributed by atoms with Crippen molar-refractivity contribution in [1.29, 1.82) is 0 Å². The number of nitrogens with one attached hydrogen (secondary N) is 1. The zero-order chi connectivity index (χ0) is 18.4. The molecule has 0 unspecified atom stereocenters. The Bertz CT molecular complexity index is 761. The van der Waals surface area contributed by atoms with Gasteiger partial charge in [-0.3, -0.25) is 4.79 Å². The Hall–Kier alpha value is -2.40. The van der Waals surface area contributed by atoms with Crippen molar-refractivity contribution in [3.8, 4) is 17.2 Å². The summed E-state index contributed by atoms with van der Waals surface area (Å²) >= 11 is 6.10. The topological polar surface area (TPSA) is 56.8 Å². The van der Waals surface area contributed by atoms with E-state index in [1.165, 1.54) is 14.2 Å². The van der Waals surface area contributed by atoms with E-state index in [9.17, 15) is 4.79 Å². The second-order valence-corrected chi connectivity index (χ2v) is 5.94. The molecule has 0 atom stereocenters. The molecule has 1 N–H and O–H groups in total. The zero-order valence-corrected chi connectivity index (χ0v) is 15.6. The van der Waals surface area contributed by atoms with Crippen molar-refractivity contribution in [2.75, 3.05) is 26.1 Å². The first-order valence-electron chi connectivity index (χ1n) is 7.86. The van der Waals surface area contributed by atoms with Crippen LogP contribution >= 0.6 is 11.6 Å². The molecule has 0 fully saturated rings. The molecule has 2 rings (SSSR count). The molecule has 2 aromatic carbocycles. The Morgan fingerprint density at radius 1 is 1.08 bits per heavy atom. The van der Waals surface area contributed by atoms with Gasteiger partial charge in [0, 0.05) is 6.07 Å². The smallest absolute Gasteiger partial charge is 0.227 e. The molecule has 5 nitrogen and oxygen atoms in total. The first kappa shape index (κ1) is 18.9. The Morgan fingerprint density at radius 3 is 2.48 bits per heavy atom. The molecular formula is C19H22ClNO4. The van der Waals surface area contributed by atoms with Gasteiger partial charge in [0.25, 0.3) is 0 Å². The van der Waals surface area contributed by atoms with Crippen LogP contribution in [0.1, 0.15) is 17.5 Å². The lowest BCUT2D eigenvalue weighted by Gasteiger charge is -2.14. The minimum absolute atomic E-state index is 0.190. The van der Waals surface area contributed by atoms with Gasteiger partial charge in [-0.25, -0.2) is 0 Å². The van der Waals surface area contributed by atoms with Crippen LogP contribution in [0.2, 0.25) is 5.02 Å². The van der Waals surface area contributed by atoms with Crippen molar-refractivity contribution in [2.24, 2.45) is 0 Å². The van der Waals surface area contributed by atoms with E-state index in [1.54, 1.807) is 12.1 Å². The summed E-state index contributed by atoms with van der Waals surface area (Å²) in [7, 11) is 3.03. The molecule has 0 saturated carbocycles. The van der Waals surface area contributed by atoms with E-state index in [2.05, 4.69) is 5.32 Å². The summed E-state index contributed by atoms with van der Waals surface area (Å²) in [5.74, 6) is 1.56. The maximum Gasteiger partial charge on any atom is 0.227 e. The lowest BCUT2D eigenvalue weighted by atomic mass is 10.1. The first-order valence-corrected chi connectivity index (χ1v) is 8.24. The number of benzene rings is 2. The van der Waals surface area contributed by atoms with E-state index in [0.717, 1.165) is 16.9 Å². The second kappa shape index (κ2) is 8.62. The number of halogens is 1. The van der Waals surface area contributed by atoms with Crippen molar-refractivity contribution in [3.63, 3.8) is 0 Å². The molecule has 0 saturated heterocycles. The molecule has 0 aliphatic carbocycles. The van der Waals surface area contributed by atoms with Gasteiger partial charge in [0.2, 0.25) is 5.91 Å². The van der Waals surface area contributed by atoms with Gasteiger partial charge >= 0.3 is 0 Å². The van der Waals surface area contributed by atoms with E-state index in [-0.39, 0.29) is 18.9 Å². The highest BCUT2D eigenvalue weighted by molar-refractivity contribution is 6.32. The molecule has 2 aromatic rings. The Balaban J connectivity index is 1.96. The molecule has 134 valence electrons. The maximum absolute atomic E-state index is 12.2. The Morgan fingerprint density at radius 2 is 1.80 bits per heavy atom. The highest BCUT2D eigenvalue weighted by Crippen LogP contribution is 2.35. The lowest BCUT2D eigenvalue weighted by Crippen LogP contribution is -2.16. The molecule has 0 heterocycles. The molecule has 0 aliphatic heterocycles. The largest absolute Gasteiger partial charge is 0.495 e. The van der Waals surface area contributed by atoms with E-state index < -0.39 is 0 Å². The van der Waals surface area contributed by atoms with Crippen LogP contribution in [0.15, 0.2) is 30.3 Å². The molecule has 0 radical (unpaired) electrons. The minimum Gasteiger partial charge on any atom is -0.495 e.